The molecule has 2 fully saturated rings. The van der Waals surface area contributed by atoms with Crippen molar-refractivity contribution >= 4 is 17.1 Å². The van der Waals surface area contributed by atoms with Gasteiger partial charge in [0.25, 0.3) is 5.56 Å². The average Bonchev–Trinajstić information content (AvgIpc) is 3.02. The van der Waals surface area contributed by atoms with E-state index >= 15 is 0 Å². The molecule has 0 unspecified atom stereocenters. The van der Waals surface area contributed by atoms with E-state index < -0.39 is 36.7 Å². The molecule has 0 amide bonds. The van der Waals surface area contributed by atoms with Crippen LogP contribution in [0.2, 0.25) is 0 Å². The zero-order valence-corrected chi connectivity index (χ0v) is 14.7. The predicted molar refractivity (Wildman–Crippen MR) is 95.9 cm³/mol. The summed E-state index contributed by atoms with van der Waals surface area (Å²) < 4.78 is 6.64. The fourth-order valence-electron chi connectivity index (χ4n) is 3.00. The van der Waals surface area contributed by atoms with Crippen LogP contribution in [0.15, 0.2) is 11.1 Å². The molecule has 4 rings (SSSR count). The predicted octanol–water partition coefficient (Wildman–Crippen LogP) is -3.12. The van der Waals surface area contributed by atoms with Crippen molar-refractivity contribution in [3.05, 3.63) is 16.7 Å². The lowest BCUT2D eigenvalue weighted by molar-refractivity contribution is -0.0511. The van der Waals surface area contributed by atoms with E-state index in [1.165, 1.54) is 30.4 Å². The molecule has 12 nitrogen and oxygen atoms in total. The summed E-state index contributed by atoms with van der Waals surface area (Å²) in [5.74, 6) is -0.101. The molecule has 0 aliphatic carbocycles. The van der Waals surface area contributed by atoms with Gasteiger partial charge in [-0.1, -0.05) is 0 Å². The molecule has 12 heteroatoms. The largest absolute Gasteiger partial charge is 0.394 e. The van der Waals surface area contributed by atoms with Crippen molar-refractivity contribution in [3.63, 3.8) is 0 Å². The molecule has 4 heterocycles. The molecule has 0 bridgehead atoms. The third kappa shape index (κ3) is 4.26. The number of nitrogens with zero attached hydrogens (tertiary/aromatic N) is 3. The Hall–Kier alpha value is -2.09. The summed E-state index contributed by atoms with van der Waals surface area (Å²) in [6, 6.07) is 0. The number of imidazole rings is 1. The zero-order valence-electron chi connectivity index (χ0n) is 14.7. The van der Waals surface area contributed by atoms with Gasteiger partial charge < -0.3 is 36.4 Å². The molecule has 2 aromatic rings. The van der Waals surface area contributed by atoms with Crippen LogP contribution in [0.1, 0.15) is 12.6 Å². The molecular formula is C15H25N7O5. The number of fused-ring (bicyclic) bond motifs is 1. The molecule has 0 aromatic carbocycles. The molecule has 2 aliphatic rings. The highest BCUT2D eigenvalue weighted by Crippen LogP contribution is 2.30. The van der Waals surface area contributed by atoms with E-state index in [1.807, 2.05) is 0 Å². The summed E-state index contributed by atoms with van der Waals surface area (Å²) in [5, 5.41) is 35.3. The first-order valence-electron chi connectivity index (χ1n) is 8.79. The summed E-state index contributed by atoms with van der Waals surface area (Å²) >= 11 is 0. The maximum Gasteiger partial charge on any atom is 0.280 e. The van der Waals surface area contributed by atoms with Gasteiger partial charge in [0.2, 0.25) is 5.95 Å². The molecule has 8 N–H and O–H groups in total. The van der Waals surface area contributed by atoms with Gasteiger partial charge in [0.05, 0.1) is 12.9 Å². The Balaban J connectivity index is 0.000000253. The second-order valence-corrected chi connectivity index (χ2v) is 6.36. The van der Waals surface area contributed by atoms with E-state index in [-0.39, 0.29) is 17.1 Å². The van der Waals surface area contributed by atoms with Crippen molar-refractivity contribution < 1.29 is 20.1 Å². The van der Waals surface area contributed by atoms with Gasteiger partial charge >= 0.3 is 0 Å². The number of nitrogen functional groups attached to an aromatic ring is 1. The Morgan fingerprint density at radius 1 is 1.22 bits per heavy atom. The smallest absolute Gasteiger partial charge is 0.280 e. The molecule has 0 saturated carbocycles. The van der Waals surface area contributed by atoms with E-state index in [0.717, 1.165) is 13.1 Å². The summed E-state index contributed by atoms with van der Waals surface area (Å²) in [6.45, 7) is 4.21. The number of aromatic nitrogens is 4. The molecule has 2 saturated heterocycles. The quantitative estimate of drug-likeness (QED) is 0.280. The number of nitrogens with one attached hydrogen (secondary N) is 3. The van der Waals surface area contributed by atoms with E-state index in [0.29, 0.717) is 0 Å². The Morgan fingerprint density at radius 3 is 2.56 bits per heavy atom. The minimum absolute atomic E-state index is 0.0388. The van der Waals surface area contributed by atoms with Crippen molar-refractivity contribution in [1.82, 2.24) is 30.2 Å². The Kier molecular flexibility index (Phi) is 6.36. The van der Waals surface area contributed by atoms with E-state index in [2.05, 4.69) is 25.6 Å². The van der Waals surface area contributed by atoms with Crippen molar-refractivity contribution in [2.24, 2.45) is 0 Å². The Morgan fingerprint density at radius 2 is 1.93 bits per heavy atom. The van der Waals surface area contributed by atoms with Gasteiger partial charge in [-0.15, -0.1) is 0 Å². The van der Waals surface area contributed by atoms with Crippen molar-refractivity contribution in [2.45, 2.75) is 31.0 Å². The van der Waals surface area contributed by atoms with Gasteiger partial charge in [0.1, 0.15) is 18.3 Å². The molecule has 150 valence electrons. The molecule has 0 spiro atoms. The van der Waals surface area contributed by atoms with Crippen LogP contribution in [0, 0.1) is 0 Å². The third-order valence-corrected chi connectivity index (χ3v) is 4.43. The minimum atomic E-state index is -1.29. The molecule has 0 radical (unpaired) electrons. The first-order chi connectivity index (χ1) is 13.0. The van der Waals surface area contributed by atoms with Gasteiger partial charge in [-0.25, -0.2) is 4.98 Å². The van der Waals surface area contributed by atoms with Gasteiger partial charge in [0.15, 0.2) is 17.4 Å². The lowest BCUT2D eigenvalue weighted by Gasteiger charge is -2.16. The van der Waals surface area contributed by atoms with Crippen LogP contribution in [-0.2, 0) is 4.74 Å². The first-order valence-corrected chi connectivity index (χ1v) is 8.79. The maximum atomic E-state index is 11.7. The highest BCUT2D eigenvalue weighted by Gasteiger charge is 2.44. The lowest BCUT2D eigenvalue weighted by Crippen LogP contribution is -2.33. The average molecular weight is 383 g/mol. The van der Waals surface area contributed by atoms with Crippen molar-refractivity contribution in [3.8, 4) is 0 Å². The number of hydrogen-bond donors (Lipinski definition) is 7. The highest BCUT2D eigenvalue weighted by molar-refractivity contribution is 5.70. The normalized spacial score (nSPS) is 28.6. The SMILES string of the molecule is C1CNCCNC1.Nc1nc2c(ncn2[C@@H]2O[C@H](CO)[C@@H](O)[C@H]2O)c(=O)[nH]1. The highest BCUT2D eigenvalue weighted by atomic mass is 16.6. The van der Waals surface area contributed by atoms with Crippen molar-refractivity contribution in [2.75, 3.05) is 38.5 Å². The number of rotatable bonds is 2. The second-order valence-electron chi connectivity index (χ2n) is 6.36. The first kappa shape index (κ1) is 19.7. The van der Waals surface area contributed by atoms with Crippen LogP contribution in [0.25, 0.3) is 11.2 Å². The van der Waals surface area contributed by atoms with Crippen LogP contribution >= 0.6 is 0 Å². The van der Waals surface area contributed by atoms with Gasteiger partial charge in [-0.3, -0.25) is 14.3 Å². The monoisotopic (exact) mass is 383 g/mol. The summed E-state index contributed by atoms with van der Waals surface area (Å²) in [5.41, 5.74) is 5.12. The zero-order chi connectivity index (χ0) is 19.4. The fraction of sp³-hybridized carbons (Fsp3) is 0.667. The minimum Gasteiger partial charge on any atom is -0.394 e. The van der Waals surface area contributed by atoms with E-state index in [4.69, 9.17) is 15.6 Å². The van der Waals surface area contributed by atoms with Crippen LogP contribution in [0.5, 0.6) is 0 Å². The number of aromatic amines is 1. The standard InChI is InChI=1S/C10H13N5O5.C5H12N2/c11-10-13-7-4(8(19)14-10)12-2-15(7)9-6(18)5(17)3(1-16)20-9;1-2-6-4-5-7-3-1/h2-3,5-6,9,16-18H,1H2,(H3,11,13,14,19);6-7H,1-5H2/t3-,5-,6-,9-;/m1./s1. The molecule has 2 aromatic heterocycles. The maximum absolute atomic E-state index is 11.7. The molecular weight excluding hydrogens is 358 g/mol. The third-order valence-electron chi connectivity index (χ3n) is 4.43. The summed E-state index contributed by atoms with van der Waals surface area (Å²) in [6.07, 6.45) is -1.94. The number of H-pyrrole nitrogens is 1. The topological polar surface area (TPSA) is 184 Å². The fourth-order valence-corrected chi connectivity index (χ4v) is 3.00. The number of aliphatic hydroxyl groups is 3. The Labute approximate surface area is 154 Å². The van der Waals surface area contributed by atoms with E-state index in [9.17, 15) is 15.0 Å². The van der Waals surface area contributed by atoms with Gasteiger partial charge in [-0.2, -0.15) is 4.98 Å². The molecule has 4 atom stereocenters. The van der Waals surface area contributed by atoms with Crippen molar-refractivity contribution in [1.29, 1.82) is 0 Å². The van der Waals surface area contributed by atoms with E-state index in [1.54, 1.807) is 0 Å². The number of ether oxygens (including phenoxy) is 1. The van der Waals surface area contributed by atoms with Crippen LogP contribution in [0.3, 0.4) is 0 Å². The summed E-state index contributed by atoms with van der Waals surface area (Å²) in [7, 11) is 0. The van der Waals surface area contributed by atoms with Crippen LogP contribution in [-0.4, -0.2) is 85.9 Å². The Bertz CT molecular complexity index is 790. The molecule has 2 aliphatic heterocycles. The molecule has 27 heavy (non-hydrogen) atoms. The summed E-state index contributed by atoms with van der Waals surface area (Å²) in [4.78, 5) is 21.8. The van der Waals surface area contributed by atoms with Crippen LogP contribution in [0.4, 0.5) is 5.95 Å². The lowest BCUT2D eigenvalue weighted by atomic mass is 10.1. The second kappa shape index (κ2) is 8.73. The number of anilines is 1. The number of hydrogen-bond acceptors (Lipinski definition) is 10. The number of nitrogens with two attached hydrogens (primary N) is 1. The number of aliphatic hydroxyl groups excluding tert-OH is 3. The van der Waals surface area contributed by atoms with Gasteiger partial charge in [0, 0.05) is 13.1 Å². The van der Waals surface area contributed by atoms with Gasteiger partial charge in [-0.05, 0) is 19.5 Å². The van der Waals surface area contributed by atoms with Crippen LogP contribution < -0.4 is 21.9 Å².